The Morgan fingerprint density at radius 1 is 1.30 bits per heavy atom. The van der Waals surface area contributed by atoms with Crippen molar-refractivity contribution in [3.05, 3.63) is 35.3 Å². The Balaban J connectivity index is 2.23. The van der Waals surface area contributed by atoms with Crippen molar-refractivity contribution in [2.75, 3.05) is 22.0 Å². The Bertz CT molecular complexity index is 740. The minimum Gasteiger partial charge on any atom is -0.375 e. The normalized spacial score (nSPS) is 11.1. The predicted molar refractivity (Wildman–Crippen MR) is 79.4 cm³/mol. The van der Waals surface area contributed by atoms with Gasteiger partial charge in [-0.2, -0.15) is 0 Å². The lowest BCUT2D eigenvalue weighted by Gasteiger charge is -2.10. The number of nitrogens with zero attached hydrogens (tertiary/aromatic N) is 1. The van der Waals surface area contributed by atoms with E-state index in [1.165, 1.54) is 5.38 Å². The average Bonchev–Trinajstić information content (AvgIpc) is 2.77. The Kier molecular flexibility index (Phi) is 3.91. The molecule has 0 aliphatic carbocycles. The predicted octanol–water partition coefficient (Wildman–Crippen LogP) is 1.35. The molecule has 0 fully saturated rings. The molecule has 2 aromatic rings. The number of carbonyl (C=O) groups excluding carboxylic acids is 1. The van der Waals surface area contributed by atoms with Gasteiger partial charge >= 0.3 is 0 Å². The lowest BCUT2D eigenvalue weighted by molar-refractivity contribution is 0.102. The number of nitrogens with two attached hydrogens (primary N) is 1. The monoisotopic (exact) mass is 312 g/mol. The maximum absolute atomic E-state index is 11.9. The molecular formula is C11H12N4O3S2. The number of amides is 1. The summed E-state index contributed by atoms with van der Waals surface area (Å²) in [4.78, 5) is 15.8. The van der Waals surface area contributed by atoms with Gasteiger partial charge in [0.05, 0.1) is 17.6 Å². The van der Waals surface area contributed by atoms with Gasteiger partial charge in [-0.15, -0.1) is 11.3 Å². The molecule has 0 bridgehead atoms. The fourth-order valence-electron chi connectivity index (χ4n) is 1.46. The number of anilines is 3. The van der Waals surface area contributed by atoms with E-state index >= 15 is 0 Å². The fourth-order valence-corrected chi connectivity index (χ4v) is 2.58. The molecule has 0 saturated carbocycles. The summed E-state index contributed by atoms with van der Waals surface area (Å²) in [7, 11) is -3.43. The number of carbonyl (C=O) groups is 1. The molecule has 0 spiro atoms. The van der Waals surface area contributed by atoms with Gasteiger partial charge < -0.3 is 11.1 Å². The van der Waals surface area contributed by atoms with Gasteiger partial charge in [-0.05, 0) is 12.1 Å². The van der Waals surface area contributed by atoms with Crippen molar-refractivity contribution in [3.63, 3.8) is 0 Å². The molecule has 1 amide bonds. The number of hydrogen-bond acceptors (Lipinski definition) is 6. The smallest absolute Gasteiger partial charge is 0.275 e. The van der Waals surface area contributed by atoms with Crippen LogP contribution >= 0.6 is 11.3 Å². The Morgan fingerprint density at radius 2 is 1.95 bits per heavy atom. The van der Waals surface area contributed by atoms with E-state index in [1.807, 2.05) is 0 Å². The molecule has 7 nitrogen and oxygen atoms in total. The van der Waals surface area contributed by atoms with E-state index in [0.29, 0.717) is 5.69 Å². The highest BCUT2D eigenvalue weighted by molar-refractivity contribution is 7.92. The molecule has 9 heteroatoms. The lowest BCUT2D eigenvalue weighted by atomic mass is 10.2. The Labute approximate surface area is 119 Å². The Morgan fingerprint density at radius 3 is 2.50 bits per heavy atom. The van der Waals surface area contributed by atoms with Crippen molar-refractivity contribution in [2.24, 2.45) is 0 Å². The summed E-state index contributed by atoms with van der Waals surface area (Å²) in [6, 6.07) is 6.47. The average molecular weight is 312 g/mol. The summed E-state index contributed by atoms with van der Waals surface area (Å²) in [5.41, 5.74) is 6.27. The van der Waals surface area contributed by atoms with E-state index in [0.717, 1.165) is 17.6 Å². The zero-order valence-electron chi connectivity index (χ0n) is 10.5. The van der Waals surface area contributed by atoms with Crippen molar-refractivity contribution >= 4 is 43.8 Å². The third-order valence-corrected chi connectivity index (χ3v) is 3.49. The SMILES string of the molecule is CS(=O)(=O)Nc1ccccc1NC(=O)c1csc(N)n1. The number of nitrogens with one attached hydrogen (secondary N) is 2. The second kappa shape index (κ2) is 5.47. The van der Waals surface area contributed by atoms with Crippen LogP contribution in [0.25, 0.3) is 0 Å². The van der Waals surface area contributed by atoms with Gasteiger partial charge in [0.15, 0.2) is 5.13 Å². The van der Waals surface area contributed by atoms with E-state index in [2.05, 4.69) is 15.0 Å². The minimum atomic E-state index is -3.43. The summed E-state index contributed by atoms with van der Waals surface area (Å²) in [5, 5.41) is 4.40. The van der Waals surface area contributed by atoms with Crippen LogP contribution in [0.5, 0.6) is 0 Å². The molecule has 0 atom stereocenters. The second-order valence-electron chi connectivity index (χ2n) is 3.94. The van der Waals surface area contributed by atoms with Gasteiger partial charge in [0, 0.05) is 5.38 Å². The molecule has 0 unspecified atom stereocenters. The number of para-hydroxylation sites is 2. The standard InChI is InChI=1S/C11H12N4O3S2/c1-20(17,18)15-8-5-3-2-4-7(8)13-10(16)9-6-19-11(12)14-9/h2-6,15H,1H3,(H2,12,14)(H,13,16). The number of aromatic nitrogens is 1. The van der Waals surface area contributed by atoms with Crippen molar-refractivity contribution in [1.82, 2.24) is 4.98 Å². The molecule has 0 saturated heterocycles. The first-order valence-corrected chi connectivity index (χ1v) is 8.21. The van der Waals surface area contributed by atoms with Gasteiger partial charge in [0.1, 0.15) is 5.69 Å². The zero-order valence-corrected chi connectivity index (χ0v) is 12.1. The minimum absolute atomic E-state index is 0.182. The molecule has 0 aliphatic heterocycles. The highest BCUT2D eigenvalue weighted by Gasteiger charge is 2.13. The molecule has 2 rings (SSSR count). The number of rotatable bonds is 4. The number of thiazole rings is 1. The molecule has 1 heterocycles. The van der Waals surface area contributed by atoms with Crippen LogP contribution in [0.3, 0.4) is 0 Å². The highest BCUT2D eigenvalue weighted by atomic mass is 32.2. The first-order valence-electron chi connectivity index (χ1n) is 5.44. The van der Waals surface area contributed by atoms with Crippen LogP contribution in [0.15, 0.2) is 29.6 Å². The Hall–Kier alpha value is -2.13. The summed E-state index contributed by atoms with van der Waals surface area (Å²) in [6.07, 6.45) is 1.03. The topological polar surface area (TPSA) is 114 Å². The van der Waals surface area contributed by atoms with Crippen molar-refractivity contribution in [2.45, 2.75) is 0 Å². The van der Waals surface area contributed by atoms with Gasteiger partial charge in [-0.3, -0.25) is 9.52 Å². The van der Waals surface area contributed by atoms with Crippen LogP contribution in [-0.4, -0.2) is 25.6 Å². The molecule has 106 valence electrons. The van der Waals surface area contributed by atoms with Crippen LogP contribution in [0.4, 0.5) is 16.5 Å². The first-order chi connectivity index (χ1) is 9.35. The summed E-state index contributed by atoms with van der Waals surface area (Å²) in [6.45, 7) is 0. The molecule has 0 aliphatic rings. The van der Waals surface area contributed by atoms with Gasteiger partial charge in [0.2, 0.25) is 10.0 Å². The zero-order chi connectivity index (χ0) is 14.8. The molecule has 20 heavy (non-hydrogen) atoms. The maximum Gasteiger partial charge on any atom is 0.275 e. The number of hydrogen-bond donors (Lipinski definition) is 3. The van der Waals surface area contributed by atoms with Crippen molar-refractivity contribution in [1.29, 1.82) is 0 Å². The summed E-state index contributed by atoms with van der Waals surface area (Å²) < 4.78 is 24.8. The first kappa shape index (κ1) is 14.3. The van der Waals surface area contributed by atoms with Crippen molar-refractivity contribution in [3.8, 4) is 0 Å². The van der Waals surface area contributed by atoms with Gasteiger partial charge in [0.25, 0.3) is 5.91 Å². The number of nitrogen functional groups attached to an aromatic ring is 1. The fraction of sp³-hybridized carbons (Fsp3) is 0.0909. The number of sulfonamides is 1. The quantitative estimate of drug-likeness (QED) is 0.788. The van der Waals surface area contributed by atoms with Gasteiger partial charge in [-0.1, -0.05) is 12.1 Å². The van der Waals surface area contributed by atoms with Crippen LogP contribution < -0.4 is 15.8 Å². The largest absolute Gasteiger partial charge is 0.375 e. The molecule has 4 N–H and O–H groups in total. The highest BCUT2D eigenvalue weighted by Crippen LogP contribution is 2.23. The van der Waals surface area contributed by atoms with E-state index in [9.17, 15) is 13.2 Å². The summed E-state index contributed by atoms with van der Waals surface area (Å²) >= 11 is 1.15. The summed E-state index contributed by atoms with van der Waals surface area (Å²) in [5.74, 6) is -0.458. The molecule has 0 radical (unpaired) electrons. The van der Waals surface area contributed by atoms with Crippen LogP contribution in [0.1, 0.15) is 10.5 Å². The third kappa shape index (κ3) is 3.68. The van der Waals surface area contributed by atoms with E-state index in [4.69, 9.17) is 5.73 Å². The second-order valence-corrected chi connectivity index (χ2v) is 6.58. The number of benzene rings is 1. The van der Waals surface area contributed by atoms with E-state index < -0.39 is 15.9 Å². The van der Waals surface area contributed by atoms with Crippen molar-refractivity contribution < 1.29 is 13.2 Å². The molecule has 1 aromatic carbocycles. The lowest BCUT2D eigenvalue weighted by Crippen LogP contribution is -2.16. The van der Waals surface area contributed by atoms with Crippen LogP contribution in [-0.2, 0) is 10.0 Å². The molecular weight excluding hydrogens is 300 g/mol. The van der Waals surface area contributed by atoms with E-state index in [-0.39, 0.29) is 16.5 Å². The van der Waals surface area contributed by atoms with Crippen LogP contribution in [0.2, 0.25) is 0 Å². The van der Waals surface area contributed by atoms with Gasteiger partial charge in [-0.25, -0.2) is 13.4 Å². The van der Waals surface area contributed by atoms with E-state index in [1.54, 1.807) is 24.3 Å². The van der Waals surface area contributed by atoms with Crippen LogP contribution in [0, 0.1) is 0 Å². The third-order valence-electron chi connectivity index (χ3n) is 2.23. The maximum atomic E-state index is 11.9. The molecule has 1 aromatic heterocycles.